The molecule has 0 radical (unpaired) electrons. The van der Waals surface area contributed by atoms with Gasteiger partial charge in [0.15, 0.2) is 5.82 Å². The molecule has 92 valence electrons. The quantitative estimate of drug-likeness (QED) is 0.771. The number of nitrogens with one attached hydrogen (secondary N) is 1. The third-order valence-corrected chi connectivity index (χ3v) is 2.37. The van der Waals surface area contributed by atoms with Crippen LogP contribution in [0.3, 0.4) is 0 Å². The van der Waals surface area contributed by atoms with Gasteiger partial charge in [0.1, 0.15) is 0 Å². The van der Waals surface area contributed by atoms with E-state index in [9.17, 15) is 4.79 Å². The van der Waals surface area contributed by atoms with Gasteiger partial charge in [-0.1, -0.05) is 0 Å². The van der Waals surface area contributed by atoms with Crippen molar-refractivity contribution in [1.82, 2.24) is 20.3 Å². The Balaban J connectivity index is 2.00. The zero-order chi connectivity index (χ0) is 12.3. The summed E-state index contributed by atoms with van der Waals surface area (Å²) in [4.78, 5) is 23.3. The van der Waals surface area contributed by atoms with E-state index < -0.39 is 0 Å². The van der Waals surface area contributed by atoms with E-state index in [0.29, 0.717) is 5.82 Å². The second kappa shape index (κ2) is 4.94. The Morgan fingerprint density at radius 3 is 2.29 bits per heavy atom. The highest BCUT2D eigenvalue weighted by molar-refractivity contribution is 5.80. The Labute approximate surface area is 98.6 Å². The van der Waals surface area contributed by atoms with Crippen molar-refractivity contribution in [2.45, 2.75) is 19.4 Å². The van der Waals surface area contributed by atoms with E-state index in [1.54, 1.807) is 0 Å². The maximum absolute atomic E-state index is 11.4. The van der Waals surface area contributed by atoms with E-state index in [4.69, 9.17) is 9.47 Å². The average molecular weight is 238 g/mol. The molecule has 0 atom stereocenters. The van der Waals surface area contributed by atoms with E-state index in [1.165, 1.54) is 14.2 Å². The molecule has 17 heavy (non-hydrogen) atoms. The van der Waals surface area contributed by atoms with E-state index >= 15 is 0 Å². The highest BCUT2D eigenvalue weighted by atomic mass is 16.5. The fraction of sp³-hybridized carbons (Fsp3) is 0.600. The molecule has 1 N–H and O–H groups in total. The zero-order valence-corrected chi connectivity index (χ0v) is 9.77. The highest BCUT2D eigenvalue weighted by Crippen LogP contribution is 2.28. The molecular weight excluding hydrogens is 224 g/mol. The molecule has 0 spiro atoms. The van der Waals surface area contributed by atoms with Crippen LogP contribution >= 0.6 is 0 Å². The minimum atomic E-state index is 0.0448. The molecule has 1 fully saturated rings. The third kappa shape index (κ3) is 3.02. The van der Waals surface area contributed by atoms with Crippen molar-refractivity contribution in [3.05, 3.63) is 5.82 Å². The summed E-state index contributed by atoms with van der Waals surface area (Å²) in [5.74, 6) is 0.631. The lowest BCUT2D eigenvalue weighted by molar-refractivity contribution is -0.122. The summed E-state index contributed by atoms with van der Waals surface area (Å²) in [6.45, 7) is 0.255. The SMILES string of the molecule is COc1nc(CNC(=O)C2CC2)nc(OC)n1. The monoisotopic (exact) mass is 238 g/mol. The molecule has 1 saturated carbocycles. The lowest BCUT2D eigenvalue weighted by Crippen LogP contribution is -2.25. The van der Waals surface area contributed by atoms with Gasteiger partial charge in [0.2, 0.25) is 5.91 Å². The molecule has 1 aromatic rings. The molecule has 1 aliphatic rings. The van der Waals surface area contributed by atoms with Gasteiger partial charge < -0.3 is 14.8 Å². The van der Waals surface area contributed by atoms with E-state index in [-0.39, 0.29) is 30.4 Å². The Bertz CT molecular complexity index is 398. The van der Waals surface area contributed by atoms with E-state index in [0.717, 1.165) is 12.8 Å². The number of methoxy groups -OCH3 is 2. The maximum atomic E-state index is 11.4. The van der Waals surface area contributed by atoms with Crippen LogP contribution < -0.4 is 14.8 Å². The van der Waals surface area contributed by atoms with Gasteiger partial charge in [0.25, 0.3) is 0 Å². The van der Waals surface area contributed by atoms with Gasteiger partial charge in [-0.3, -0.25) is 4.79 Å². The summed E-state index contributed by atoms with van der Waals surface area (Å²) in [6, 6.07) is 0.347. The highest BCUT2D eigenvalue weighted by Gasteiger charge is 2.29. The first-order chi connectivity index (χ1) is 8.22. The van der Waals surface area contributed by atoms with Gasteiger partial charge in [-0.2, -0.15) is 9.97 Å². The molecule has 0 aromatic carbocycles. The Morgan fingerprint density at radius 2 is 1.82 bits per heavy atom. The number of carbonyl (C=O) groups excluding carboxylic acids is 1. The molecule has 1 aromatic heterocycles. The van der Waals surface area contributed by atoms with Crippen LogP contribution in [0.5, 0.6) is 12.0 Å². The number of rotatable bonds is 5. The fourth-order valence-corrected chi connectivity index (χ4v) is 1.30. The molecule has 7 nitrogen and oxygen atoms in total. The van der Waals surface area contributed by atoms with Gasteiger partial charge in [0.05, 0.1) is 20.8 Å². The van der Waals surface area contributed by atoms with Crippen molar-refractivity contribution < 1.29 is 14.3 Å². The average Bonchev–Trinajstić information content (AvgIpc) is 3.19. The summed E-state index contributed by atoms with van der Waals surface area (Å²) >= 11 is 0. The van der Waals surface area contributed by atoms with E-state index in [1.807, 2.05) is 0 Å². The summed E-state index contributed by atoms with van der Waals surface area (Å²) in [6.07, 6.45) is 1.94. The molecule has 1 aliphatic carbocycles. The first kappa shape index (κ1) is 11.6. The molecule has 0 aliphatic heterocycles. The van der Waals surface area contributed by atoms with E-state index in [2.05, 4.69) is 20.3 Å². The fourth-order valence-electron chi connectivity index (χ4n) is 1.30. The predicted octanol–water partition coefficient (Wildman–Crippen LogP) is -0.0850. The smallest absolute Gasteiger partial charge is 0.322 e. The van der Waals surface area contributed by atoms with Crippen LogP contribution in [0, 0.1) is 5.92 Å². The van der Waals surface area contributed by atoms with Gasteiger partial charge >= 0.3 is 12.0 Å². The summed E-state index contributed by atoms with van der Waals surface area (Å²) in [7, 11) is 2.92. The summed E-state index contributed by atoms with van der Waals surface area (Å²) in [5.41, 5.74) is 0. The van der Waals surface area contributed by atoms with Crippen LogP contribution in [0.15, 0.2) is 0 Å². The van der Waals surface area contributed by atoms with Crippen molar-refractivity contribution in [3.63, 3.8) is 0 Å². The zero-order valence-electron chi connectivity index (χ0n) is 9.77. The van der Waals surface area contributed by atoms with Crippen molar-refractivity contribution in [3.8, 4) is 12.0 Å². The third-order valence-electron chi connectivity index (χ3n) is 2.37. The molecule has 0 bridgehead atoms. The van der Waals surface area contributed by atoms with Crippen LogP contribution in [0.1, 0.15) is 18.7 Å². The van der Waals surface area contributed by atoms with Gasteiger partial charge in [-0.05, 0) is 12.8 Å². The summed E-state index contributed by atoms with van der Waals surface area (Å²) in [5, 5.41) is 2.76. The number of nitrogens with zero attached hydrogens (tertiary/aromatic N) is 3. The van der Waals surface area contributed by atoms with Crippen molar-refractivity contribution in [1.29, 1.82) is 0 Å². The second-order valence-electron chi connectivity index (χ2n) is 3.72. The van der Waals surface area contributed by atoms with Crippen molar-refractivity contribution >= 4 is 5.91 Å². The van der Waals surface area contributed by atoms with Gasteiger partial charge in [-0.15, -0.1) is 4.98 Å². The molecule has 2 rings (SSSR count). The number of hydrogen-bond donors (Lipinski definition) is 1. The molecule has 0 saturated heterocycles. The standard InChI is InChI=1S/C10H14N4O3/c1-16-9-12-7(13-10(14-9)17-2)5-11-8(15)6-3-4-6/h6H,3-5H2,1-2H3,(H,11,15). The maximum Gasteiger partial charge on any atom is 0.322 e. The van der Waals surface area contributed by atoms with Crippen molar-refractivity contribution in [2.24, 2.45) is 5.92 Å². The topological polar surface area (TPSA) is 86.2 Å². The minimum Gasteiger partial charge on any atom is -0.467 e. The number of hydrogen-bond acceptors (Lipinski definition) is 6. The lowest BCUT2D eigenvalue weighted by Gasteiger charge is -2.06. The number of carbonyl (C=O) groups is 1. The first-order valence-corrected chi connectivity index (χ1v) is 5.33. The van der Waals surface area contributed by atoms with Crippen molar-refractivity contribution in [2.75, 3.05) is 14.2 Å². The van der Waals surface area contributed by atoms with Crippen LogP contribution in [-0.4, -0.2) is 35.1 Å². The van der Waals surface area contributed by atoms with Crippen LogP contribution in [0.4, 0.5) is 0 Å². The number of aromatic nitrogens is 3. The van der Waals surface area contributed by atoms with Crippen LogP contribution in [0.2, 0.25) is 0 Å². The first-order valence-electron chi connectivity index (χ1n) is 5.33. The molecule has 7 heteroatoms. The van der Waals surface area contributed by atoms with Crippen LogP contribution in [0.25, 0.3) is 0 Å². The molecular formula is C10H14N4O3. The van der Waals surface area contributed by atoms with Crippen LogP contribution in [-0.2, 0) is 11.3 Å². The second-order valence-corrected chi connectivity index (χ2v) is 3.72. The lowest BCUT2D eigenvalue weighted by atomic mass is 10.4. The predicted molar refractivity (Wildman–Crippen MR) is 57.5 cm³/mol. The number of amides is 1. The summed E-state index contributed by atoms with van der Waals surface area (Å²) < 4.78 is 9.82. The Kier molecular flexibility index (Phi) is 3.36. The van der Waals surface area contributed by atoms with Gasteiger partial charge in [0, 0.05) is 5.92 Å². The Morgan fingerprint density at radius 1 is 1.24 bits per heavy atom. The Hall–Kier alpha value is -1.92. The number of ether oxygens (including phenoxy) is 2. The van der Waals surface area contributed by atoms with Gasteiger partial charge in [-0.25, -0.2) is 0 Å². The molecule has 1 amide bonds. The molecule has 1 heterocycles. The normalized spacial score (nSPS) is 14.2. The largest absolute Gasteiger partial charge is 0.467 e. The molecule has 0 unspecified atom stereocenters. The minimum absolute atomic E-state index is 0.0448.